The Morgan fingerprint density at radius 1 is 0.871 bits per heavy atom. The number of esters is 2. The zero-order valence-corrected chi connectivity index (χ0v) is 20.0. The fraction of sp³-hybridized carbons (Fsp3) is 0.818. The van der Waals surface area contributed by atoms with E-state index in [0.717, 1.165) is 64.2 Å². The number of carbonyl (C=O) groups is 2. The second-order valence-corrected chi connectivity index (χ2v) is 8.86. The molecule has 0 amide bonds. The number of allylic oxidation sites excluding steroid dienone is 2. The Balaban J connectivity index is 4.20. The molecule has 9 heteroatoms. The Hall–Kier alpha value is -1.21. The van der Waals surface area contributed by atoms with Crippen molar-refractivity contribution in [2.24, 2.45) is 0 Å². The van der Waals surface area contributed by atoms with Crippen molar-refractivity contribution in [2.75, 3.05) is 13.2 Å². The topological polar surface area (TPSA) is 119 Å². The Morgan fingerprint density at radius 3 is 2.06 bits per heavy atom. The molecule has 2 N–H and O–H groups in total. The molecule has 0 spiro atoms. The van der Waals surface area contributed by atoms with E-state index in [0.29, 0.717) is 6.42 Å². The molecule has 0 aromatic heterocycles. The number of unbranched alkanes of at least 4 members (excludes halogenated alkanes) is 9. The predicted molar refractivity (Wildman–Crippen MR) is 119 cm³/mol. The number of phosphoric ester groups is 1. The van der Waals surface area contributed by atoms with Crippen LogP contribution in [0.15, 0.2) is 12.2 Å². The first-order valence-electron chi connectivity index (χ1n) is 11.4. The van der Waals surface area contributed by atoms with E-state index in [1.54, 1.807) is 0 Å². The summed E-state index contributed by atoms with van der Waals surface area (Å²) in [5, 5.41) is 0. The SMILES string of the molecule is C/C=C/CCCCCCCC(=O)O[C@@H](COC(=O)CCCCCCC)COP(=O)(O)O. The molecule has 0 fully saturated rings. The minimum atomic E-state index is -4.72. The zero-order valence-electron chi connectivity index (χ0n) is 19.1. The number of hydrogen-bond acceptors (Lipinski definition) is 6. The molecule has 0 rings (SSSR count). The zero-order chi connectivity index (χ0) is 23.4. The summed E-state index contributed by atoms with van der Waals surface area (Å²) in [5.74, 6) is -0.921. The summed E-state index contributed by atoms with van der Waals surface area (Å²) in [4.78, 5) is 41.7. The van der Waals surface area contributed by atoms with Gasteiger partial charge in [0.15, 0.2) is 6.10 Å². The average Bonchev–Trinajstić information content (AvgIpc) is 2.71. The van der Waals surface area contributed by atoms with Gasteiger partial charge in [-0.25, -0.2) is 4.57 Å². The van der Waals surface area contributed by atoms with Crippen LogP contribution in [0.1, 0.15) is 97.3 Å². The van der Waals surface area contributed by atoms with Crippen LogP contribution in [0.25, 0.3) is 0 Å². The second-order valence-electron chi connectivity index (χ2n) is 7.62. The largest absolute Gasteiger partial charge is 0.469 e. The first-order chi connectivity index (χ1) is 14.8. The maximum Gasteiger partial charge on any atom is 0.469 e. The standard InChI is InChI=1S/C22H41O8P/c1-3-5-7-9-10-11-13-15-17-22(24)30-20(19-29-31(25,26)27)18-28-21(23)16-14-12-8-6-4-2/h3,5,20H,4,6-19H2,1-2H3,(H2,25,26,27)/b5-3+/t20-/m0/s1. The van der Waals surface area contributed by atoms with E-state index in [4.69, 9.17) is 19.3 Å². The van der Waals surface area contributed by atoms with Crippen LogP contribution in [-0.2, 0) is 28.2 Å². The minimum absolute atomic E-state index is 0.201. The quantitative estimate of drug-likeness (QED) is 0.109. The second kappa shape index (κ2) is 19.5. The maximum absolute atomic E-state index is 12.0. The molecule has 0 aliphatic carbocycles. The third-order valence-corrected chi connectivity index (χ3v) is 5.11. The summed E-state index contributed by atoms with van der Waals surface area (Å²) >= 11 is 0. The van der Waals surface area contributed by atoms with Crippen LogP contribution in [0.4, 0.5) is 0 Å². The van der Waals surface area contributed by atoms with Gasteiger partial charge in [0, 0.05) is 12.8 Å². The molecule has 0 heterocycles. The van der Waals surface area contributed by atoms with Gasteiger partial charge in [0.05, 0.1) is 6.61 Å². The fourth-order valence-corrected chi connectivity index (χ4v) is 3.26. The summed E-state index contributed by atoms with van der Waals surface area (Å²) < 4.78 is 25.7. The monoisotopic (exact) mass is 464 g/mol. The van der Waals surface area contributed by atoms with Gasteiger partial charge in [-0.1, -0.05) is 64.0 Å². The van der Waals surface area contributed by atoms with Gasteiger partial charge in [0.2, 0.25) is 0 Å². The van der Waals surface area contributed by atoms with E-state index in [9.17, 15) is 14.2 Å². The van der Waals surface area contributed by atoms with Crippen molar-refractivity contribution >= 4 is 19.8 Å². The summed E-state index contributed by atoms with van der Waals surface area (Å²) in [6.07, 6.45) is 14.5. The third-order valence-electron chi connectivity index (χ3n) is 4.63. The summed E-state index contributed by atoms with van der Waals surface area (Å²) in [6, 6.07) is 0. The van der Waals surface area contributed by atoms with Crippen LogP contribution in [0.3, 0.4) is 0 Å². The van der Waals surface area contributed by atoms with E-state index in [1.165, 1.54) is 0 Å². The van der Waals surface area contributed by atoms with Crippen molar-refractivity contribution in [1.82, 2.24) is 0 Å². The fourth-order valence-electron chi connectivity index (χ4n) is 2.90. The number of hydrogen-bond donors (Lipinski definition) is 2. The van der Waals surface area contributed by atoms with Crippen LogP contribution in [0.2, 0.25) is 0 Å². The van der Waals surface area contributed by atoms with Crippen molar-refractivity contribution in [1.29, 1.82) is 0 Å². The van der Waals surface area contributed by atoms with Crippen molar-refractivity contribution < 1.29 is 37.9 Å². The number of ether oxygens (including phenoxy) is 2. The van der Waals surface area contributed by atoms with Gasteiger partial charge >= 0.3 is 19.8 Å². The molecule has 0 radical (unpaired) electrons. The Morgan fingerprint density at radius 2 is 1.45 bits per heavy atom. The van der Waals surface area contributed by atoms with Crippen molar-refractivity contribution in [3.63, 3.8) is 0 Å². The molecule has 0 aliphatic heterocycles. The molecule has 0 aromatic carbocycles. The number of rotatable bonds is 20. The highest BCUT2D eigenvalue weighted by atomic mass is 31.2. The maximum atomic E-state index is 12.0. The Bertz CT molecular complexity index is 544. The highest BCUT2D eigenvalue weighted by molar-refractivity contribution is 7.46. The Kier molecular flexibility index (Phi) is 18.7. The average molecular weight is 465 g/mol. The van der Waals surface area contributed by atoms with Crippen molar-refractivity contribution in [2.45, 2.75) is 103 Å². The summed E-state index contributed by atoms with van der Waals surface area (Å²) in [6.45, 7) is 3.29. The normalized spacial score (nSPS) is 12.8. The van der Waals surface area contributed by atoms with Crippen LogP contribution in [0.5, 0.6) is 0 Å². The predicted octanol–water partition coefficient (Wildman–Crippen LogP) is 5.22. The Labute approximate surface area is 187 Å². The van der Waals surface area contributed by atoms with Crippen LogP contribution in [0, 0.1) is 0 Å². The van der Waals surface area contributed by atoms with Crippen molar-refractivity contribution in [3.05, 3.63) is 12.2 Å². The smallest absolute Gasteiger partial charge is 0.462 e. The molecule has 8 nitrogen and oxygen atoms in total. The molecule has 1 atom stereocenters. The molecular weight excluding hydrogens is 423 g/mol. The highest BCUT2D eigenvalue weighted by Gasteiger charge is 2.22. The van der Waals surface area contributed by atoms with Gasteiger partial charge in [0.1, 0.15) is 6.61 Å². The van der Waals surface area contributed by atoms with E-state index in [1.807, 2.05) is 13.0 Å². The van der Waals surface area contributed by atoms with Crippen molar-refractivity contribution in [3.8, 4) is 0 Å². The molecule has 0 unspecified atom stereocenters. The molecule has 0 saturated carbocycles. The molecule has 0 aliphatic rings. The van der Waals surface area contributed by atoms with Crippen LogP contribution < -0.4 is 0 Å². The molecule has 0 saturated heterocycles. The lowest BCUT2D eigenvalue weighted by Crippen LogP contribution is -2.29. The van der Waals surface area contributed by atoms with Crippen LogP contribution >= 0.6 is 7.82 Å². The summed E-state index contributed by atoms with van der Waals surface area (Å²) in [7, 11) is -4.72. The highest BCUT2D eigenvalue weighted by Crippen LogP contribution is 2.35. The first kappa shape index (κ1) is 29.8. The summed E-state index contributed by atoms with van der Waals surface area (Å²) in [5.41, 5.74) is 0. The lowest BCUT2D eigenvalue weighted by Gasteiger charge is -2.18. The molecular formula is C22H41O8P. The lowest BCUT2D eigenvalue weighted by atomic mass is 10.1. The van der Waals surface area contributed by atoms with Gasteiger partial charge in [0.25, 0.3) is 0 Å². The third kappa shape index (κ3) is 21.8. The van der Waals surface area contributed by atoms with Gasteiger partial charge in [-0.05, 0) is 32.6 Å². The van der Waals surface area contributed by atoms with E-state index in [2.05, 4.69) is 17.5 Å². The van der Waals surface area contributed by atoms with Gasteiger partial charge in [-0.2, -0.15) is 0 Å². The van der Waals surface area contributed by atoms with E-state index in [-0.39, 0.29) is 19.4 Å². The van der Waals surface area contributed by atoms with Gasteiger partial charge in [-0.3, -0.25) is 14.1 Å². The van der Waals surface area contributed by atoms with Gasteiger partial charge < -0.3 is 19.3 Å². The van der Waals surface area contributed by atoms with Gasteiger partial charge in [-0.15, -0.1) is 0 Å². The number of carbonyl (C=O) groups excluding carboxylic acids is 2. The van der Waals surface area contributed by atoms with E-state index >= 15 is 0 Å². The molecule has 182 valence electrons. The molecule has 31 heavy (non-hydrogen) atoms. The number of phosphoric acid groups is 1. The van der Waals surface area contributed by atoms with E-state index < -0.39 is 32.5 Å². The minimum Gasteiger partial charge on any atom is -0.462 e. The molecule has 0 bridgehead atoms. The first-order valence-corrected chi connectivity index (χ1v) is 13.0. The lowest BCUT2D eigenvalue weighted by molar-refractivity contribution is -0.161. The van der Waals surface area contributed by atoms with Crippen LogP contribution in [-0.4, -0.2) is 41.0 Å². The molecule has 0 aromatic rings.